The standard InChI is InChI=1S/C15H11Cl2FN2O2/c16-10-6-5-9(7-11(10)17)15(22)19-8-14(21)20-13-4-2-1-3-12(13)18/h1-7H,8H2,(H,19,22)(H,20,21). The molecule has 0 unspecified atom stereocenters. The van der Waals surface area contributed by atoms with Gasteiger partial charge in [-0.15, -0.1) is 0 Å². The lowest BCUT2D eigenvalue weighted by atomic mass is 10.2. The maximum Gasteiger partial charge on any atom is 0.251 e. The summed E-state index contributed by atoms with van der Waals surface area (Å²) in [6.45, 7) is -0.298. The van der Waals surface area contributed by atoms with Crippen LogP contribution in [0.4, 0.5) is 10.1 Å². The molecule has 0 atom stereocenters. The Morgan fingerprint density at radius 2 is 1.77 bits per heavy atom. The molecule has 0 spiro atoms. The number of amides is 2. The third-order valence-corrected chi connectivity index (χ3v) is 3.48. The highest BCUT2D eigenvalue weighted by Crippen LogP contribution is 2.22. The average molecular weight is 341 g/mol. The van der Waals surface area contributed by atoms with Crippen molar-refractivity contribution in [1.29, 1.82) is 0 Å². The van der Waals surface area contributed by atoms with Crippen LogP contribution in [0.25, 0.3) is 0 Å². The fraction of sp³-hybridized carbons (Fsp3) is 0.0667. The van der Waals surface area contributed by atoms with Gasteiger partial charge in [0.05, 0.1) is 22.3 Å². The van der Waals surface area contributed by atoms with Gasteiger partial charge in [-0.3, -0.25) is 9.59 Å². The molecule has 7 heteroatoms. The fourth-order valence-electron chi connectivity index (χ4n) is 1.66. The Labute approximate surface area is 136 Å². The number of rotatable bonds is 4. The minimum atomic E-state index is -0.549. The van der Waals surface area contributed by atoms with Gasteiger partial charge in [0.1, 0.15) is 5.82 Å². The van der Waals surface area contributed by atoms with Crippen molar-refractivity contribution in [2.75, 3.05) is 11.9 Å². The smallest absolute Gasteiger partial charge is 0.251 e. The molecule has 2 N–H and O–H groups in total. The van der Waals surface area contributed by atoms with E-state index in [4.69, 9.17) is 23.2 Å². The second kappa shape index (κ2) is 7.24. The Kier molecular flexibility index (Phi) is 5.35. The lowest BCUT2D eigenvalue weighted by Crippen LogP contribution is -2.33. The first-order valence-corrected chi connectivity index (χ1v) is 7.00. The van der Waals surface area contributed by atoms with E-state index in [1.807, 2.05) is 0 Å². The maximum absolute atomic E-state index is 13.4. The van der Waals surface area contributed by atoms with Gasteiger partial charge in [0.15, 0.2) is 0 Å². The highest BCUT2D eigenvalue weighted by molar-refractivity contribution is 6.42. The summed E-state index contributed by atoms with van der Waals surface area (Å²) in [5, 5.41) is 5.34. The second-order valence-corrected chi connectivity index (χ2v) is 5.15. The predicted octanol–water partition coefficient (Wildman–Crippen LogP) is 3.50. The van der Waals surface area contributed by atoms with Crippen molar-refractivity contribution >= 4 is 40.7 Å². The van der Waals surface area contributed by atoms with Crippen molar-refractivity contribution in [2.45, 2.75) is 0 Å². The number of hydrogen-bond acceptors (Lipinski definition) is 2. The summed E-state index contributed by atoms with van der Waals surface area (Å²) in [6, 6.07) is 10.1. The van der Waals surface area contributed by atoms with E-state index in [0.717, 1.165) is 0 Å². The Morgan fingerprint density at radius 3 is 2.45 bits per heavy atom. The van der Waals surface area contributed by atoms with E-state index in [0.29, 0.717) is 5.02 Å². The third kappa shape index (κ3) is 4.19. The van der Waals surface area contributed by atoms with Crippen molar-refractivity contribution in [3.63, 3.8) is 0 Å². The molecule has 2 amide bonds. The van der Waals surface area contributed by atoms with Crippen molar-refractivity contribution in [1.82, 2.24) is 5.32 Å². The molecular formula is C15H11Cl2FN2O2. The predicted molar refractivity (Wildman–Crippen MR) is 83.8 cm³/mol. The van der Waals surface area contributed by atoms with E-state index < -0.39 is 17.6 Å². The third-order valence-electron chi connectivity index (χ3n) is 2.74. The number of anilines is 1. The van der Waals surface area contributed by atoms with Gasteiger partial charge in [-0.25, -0.2) is 4.39 Å². The van der Waals surface area contributed by atoms with E-state index in [1.165, 1.54) is 36.4 Å². The van der Waals surface area contributed by atoms with Gasteiger partial charge in [-0.05, 0) is 30.3 Å². The van der Waals surface area contributed by atoms with Gasteiger partial charge in [-0.2, -0.15) is 0 Å². The summed E-state index contributed by atoms with van der Waals surface area (Å²) in [5.41, 5.74) is 0.323. The lowest BCUT2D eigenvalue weighted by molar-refractivity contribution is -0.115. The molecule has 0 heterocycles. The first-order valence-electron chi connectivity index (χ1n) is 6.25. The van der Waals surface area contributed by atoms with E-state index in [2.05, 4.69) is 10.6 Å². The van der Waals surface area contributed by atoms with Gasteiger partial charge in [0, 0.05) is 5.56 Å². The van der Waals surface area contributed by atoms with Crippen LogP contribution in [0, 0.1) is 5.82 Å². The van der Waals surface area contributed by atoms with Crippen molar-refractivity contribution in [2.24, 2.45) is 0 Å². The minimum absolute atomic E-state index is 0.0521. The molecule has 22 heavy (non-hydrogen) atoms. The summed E-state index contributed by atoms with van der Waals surface area (Å²) < 4.78 is 13.4. The Bertz CT molecular complexity index is 722. The molecule has 0 saturated carbocycles. The quantitative estimate of drug-likeness (QED) is 0.894. The number of nitrogens with one attached hydrogen (secondary N) is 2. The van der Waals surface area contributed by atoms with Crippen molar-refractivity contribution < 1.29 is 14.0 Å². The molecule has 0 aromatic heterocycles. The molecule has 0 fully saturated rings. The zero-order chi connectivity index (χ0) is 16.1. The zero-order valence-corrected chi connectivity index (χ0v) is 12.7. The van der Waals surface area contributed by atoms with E-state index in [9.17, 15) is 14.0 Å². The molecule has 0 radical (unpaired) electrons. The molecule has 4 nitrogen and oxygen atoms in total. The topological polar surface area (TPSA) is 58.2 Å². The molecule has 0 saturated heterocycles. The van der Waals surface area contributed by atoms with Crippen LogP contribution >= 0.6 is 23.2 Å². The molecule has 0 aliphatic carbocycles. The van der Waals surface area contributed by atoms with E-state index >= 15 is 0 Å². The van der Waals surface area contributed by atoms with Crippen molar-refractivity contribution in [3.05, 3.63) is 63.9 Å². The number of carbonyl (C=O) groups is 2. The number of benzene rings is 2. The second-order valence-electron chi connectivity index (χ2n) is 4.34. The van der Waals surface area contributed by atoms with Gasteiger partial charge < -0.3 is 10.6 Å². The fourth-order valence-corrected chi connectivity index (χ4v) is 1.96. The normalized spacial score (nSPS) is 10.1. The summed E-state index contributed by atoms with van der Waals surface area (Å²) in [4.78, 5) is 23.5. The highest BCUT2D eigenvalue weighted by atomic mass is 35.5. The van der Waals surface area contributed by atoms with Crippen LogP contribution in [-0.4, -0.2) is 18.4 Å². The Balaban J connectivity index is 1.92. The number of para-hydroxylation sites is 1. The zero-order valence-electron chi connectivity index (χ0n) is 11.2. The molecule has 0 bridgehead atoms. The van der Waals surface area contributed by atoms with Crippen LogP contribution in [-0.2, 0) is 4.79 Å². The molecule has 2 aromatic rings. The monoisotopic (exact) mass is 340 g/mol. The molecular weight excluding hydrogens is 330 g/mol. The van der Waals surface area contributed by atoms with Crippen LogP contribution in [0.1, 0.15) is 10.4 Å². The summed E-state index contributed by atoms with van der Waals surface area (Å²) in [7, 11) is 0. The molecule has 114 valence electrons. The molecule has 0 aliphatic heterocycles. The van der Waals surface area contributed by atoms with Gasteiger partial charge in [0.2, 0.25) is 5.91 Å². The highest BCUT2D eigenvalue weighted by Gasteiger charge is 2.11. The van der Waals surface area contributed by atoms with Crippen LogP contribution in [0.3, 0.4) is 0 Å². The SMILES string of the molecule is O=C(CNC(=O)c1ccc(Cl)c(Cl)c1)Nc1ccccc1F. The number of carbonyl (C=O) groups excluding carboxylic acids is 2. The van der Waals surface area contributed by atoms with Crippen molar-refractivity contribution in [3.8, 4) is 0 Å². The maximum atomic E-state index is 13.4. The van der Waals surface area contributed by atoms with Gasteiger partial charge in [0.25, 0.3) is 5.91 Å². The number of halogens is 3. The number of hydrogen-bond donors (Lipinski definition) is 2. The molecule has 0 aliphatic rings. The summed E-state index contributed by atoms with van der Waals surface area (Å²) in [6.07, 6.45) is 0. The molecule has 2 rings (SSSR count). The average Bonchev–Trinajstić information content (AvgIpc) is 2.50. The van der Waals surface area contributed by atoms with Crippen LogP contribution in [0.5, 0.6) is 0 Å². The van der Waals surface area contributed by atoms with Crippen LogP contribution < -0.4 is 10.6 Å². The minimum Gasteiger partial charge on any atom is -0.343 e. The van der Waals surface area contributed by atoms with E-state index in [-0.39, 0.29) is 22.8 Å². The summed E-state index contributed by atoms with van der Waals surface area (Å²) >= 11 is 11.6. The largest absolute Gasteiger partial charge is 0.343 e. The Hall–Kier alpha value is -2.11. The van der Waals surface area contributed by atoms with Crippen LogP contribution in [0.15, 0.2) is 42.5 Å². The molecule has 2 aromatic carbocycles. The Morgan fingerprint density at radius 1 is 1.05 bits per heavy atom. The first-order chi connectivity index (χ1) is 10.5. The first kappa shape index (κ1) is 16.3. The van der Waals surface area contributed by atoms with E-state index in [1.54, 1.807) is 6.07 Å². The summed E-state index contributed by atoms with van der Waals surface area (Å²) in [5.74, 6) is -1.58. The van der Waals surface area contributed by atoms with Gasteiger partial charge in [-0.1, -0.05) is 35.3 Å². The van der Waals surface area contributed by atoms with Crippen LogP contribution in [0.2, 0.25) is 10.0 Å². The lowest BCUT2D eigenvalue weighted by Gasteiger charge is -2.08. The van der Waals surface area contributed by atoms with Gasteiger partial charge >= 0.3 is 0 Å².